The van der Waals surface area contributed by atoms with E-state index in [1.165, 1.54) is 12.3 Å². The van der Waals surface area contributed by atoms with E-state index in [4.69, 9.17) is 4.74 Å². The molecule has 210 valence electrons. The first-order chi connectivity index (χ1) is 19.0. The minimum Gasteiger partial charge on any atom is -0.377 e. The SMILES string of the molecule is CC(C)OCCNC(=O)CNC(=O)C(c1nc2ccc(-c3ccc(F)nc3)cc2s1)S(=O)(=O)c1ccc(F)cc1. The fraction of sp³-hybridized carbons (Fsp3) is 0.259. The average molecular weight is 589 g/mol. The van der Waals surface area contributed by atoms with Gasteiger partial charge in [-0.15, -0.1) is 11.3 Å². The quantitative estimate of drug-likeness (QED) is 0.155. The van der Waals surface area contributed by atoms with Gasteiger partial charge in [0.1, 0.15) is 10.8 Å². The van der Waals surface area contributed by atoms with Crippen LogP contribution in [0.4, 0.5) is 8.78 Å². The maximum atomic E-state index is 13.6. The van der Waals surface area contributed by atoms with Crippen LogP contribution in [0.2, 0.25) is 0 Å². The number of hydrogen-bond donors (Lipinski definition) is 2. The number of pyridine rings is 1. The van der Waals surface area contributed by atoms with Gasteiger partial charge < -0.3 is 15.4 Å². The third-order valence-corrected chi connectivity index (χ3v) is 8.90. The van der Waals surface area contributed by atoms with Gasteiger partial charge >= 0.3 is 0 Å². The normalized spacial score (nSPS) is 12.4. The second kappa shape index (κ2) is 12.6. The number of benzene rings is 2. The summed E-state index contributed by atoms with van der Waals surface area (Å²) in [4.78, 5) is 33.3. The van der Waals surface area contributed by atoms with Gasteiger partial charge in [-0.25, -0.2) is 22.8 Å². The van der Waals surface area contributed by atoms with Gasteiger partial charge in [-0.05, 0) is 67.9 Å². The molecule has 0 aliphatic heterocycles. The molecular formula is C27H26F2N4O5S2. The number of carbonyl (C=O) groups is 2. The lowest BCUT2D eigenvalue weighted by Gasteiger charge is -2.16. The summed E-state index contributed by atoms with van der Waals surface area (Å²) in [7, 11) is -4.40. The summed E-state index contributed by atoms with van der Waals surface area (Å²) in [5, 5.41) is 3.13. The highest BCUT2D eigenvalue weighted by Crippen LogP contribution is 2.36. The largest absolute Gasteiger partial charge is 0.377 e. The first kappa shape index (κ1) is 29.2. The van der Waals surface area contributed by atoms with Crippen LogP contribution in [0.5, 0.6) is 0 Å². The van der Waals surface area contributed by atoms with Gasteiger partial charge in [0.15, 0.2) is 15.1 Å². The van der Waals surface area contributed by atoms with Crippen molar-refractivity contribution in [2.45, 2.75) is 30.1 Å². The Kier molecular flexibility index (Phi) is 9.17. The zero-order chi connectivity index (χ0) is 28.9. The van der Waals surface area contributed by atoms with Crippen molar-refractivity contribution < 1.29 is 31.5 Å². The molecular weight excluding hydrogens is 562 g/mol. The molecule has 9 nitrogen and oxygen atoms in total. The minimum atomic E-state index is -4.40. The van der Waals surface area contributed by atoms with E-state index in [-0.39, 0.29) is 29.2 Å². The molecule has 40 heavy (non-hydrogen) atoms. The maximum Gasteiger partial charge on any atom is 0.246 e. The van der Waals surface area contributed by atoms with Crippen LogP contribution in [-0.4, -0.2) is 56.0 Å². The molecule has 4 aromatic rings. The van der Waals surface area contributed by atoms with Gasteiger partial charge in [-0.2, -0.15) is 4.39 Å². The van der Waals surface area contributed by atoms with Crippen molar-refractivity contribution in [1.82, 2.24) is 20.6 Å². The van der Waals surface area contributed by atoms with Gasteiger partial charge in [-0.1, -0.05) is 6.07 Å². The fourth-order valence-corrected chi connectivity index (χ4v) is 6.72. The van der Waals surface area contributed by atoms with Crippen LogP contribution in [0, 0.1) is 11.8 Å². The molecule has 0 bridgehead atoms. The first-order valence-electron chi connectivity index (χ1n) is 12.2. The molecule has 2 amide bonds. The smallest absolute Gasteiger partial charge is 0.246 e. The van der Waals surface area contributed by atoms with Crippen molar-refractivity contribution >= 4 is 43.2 Å². The predicted molar refractivity (Wildman–Crippen MR) is 146 cm³/mol. The first-order valence-corrected chi connectivity index (χ1v) is 14.6. The summed E-state index contributed by atoms with van der Waals surface area (Å²) >= 11 is 0.987. The third kappa shape index (κ3) is 7.03. The van der Waals surface area contributed by atoms with E-state index in [2.05, 4.69) is 20.6 Å². The lowest BCUT2D eigenvalue weighted by molar-refractivity contribution is -0.126. The van der Waals surface area contributed by atoms with Gasteiger partial charge in [0, 0.05) is 18.3 Å². The Hall–Kier alpha value is -3.81. The highest BCUT2D eigenvalue weighted by Gasteiger charge is 2.38. The number of hydrogen-bond acceptors (Lipinski definition) is 8. The number of nitrogens with zero attached hydrogens (tertiary/aromatic N) is 2. The van der Waals surface area contributed by atoms with E-state index in [0.717, 1.165) is 35.6 Å². The van der Waals surface area contributed by atoms with Crippen molar-refractivity contribution in [3.05, 3.63) is 77.6 Å². The monoisotopic (exact) mass is 588 g/mol. The second-order valence-electron chi connectivity index (χ2n) is 8.97. The number of carbonyl (C=O) groups excluding carboxylic acids is 2. The number of nitrogens with one attached hydrogen (secondary N) is 2. The molecule has 0 aliphatic carbocycles. The molecule has 2 aromatic heterocycles. The molecule has 0 saturated carbocycles. The van der Waals surface area contributed by atoms with Crippen LogP contribution in [0.3, 0.4) is 0 Å². The van der Waals surface area contributed by atoms with E-state index in [1.807, 2.05) is 13.8 Å². The number of amides is 2. The summed E-state index contributed by atoms with van der Waals surface area (Å²) in [6.07, 6.45) is 1.36. The summed E-state index contributed by atoms with van der Waals surface area (Å²) in [6.45, 7) is 3.73. The van der Waals surface area contributed by atoms with Crippen molar-refractivity contribution in [2.75, 3.05) is 19.7 Å². The lowest BCUT2D eigenvalue weighted by Crippen LogP contribution is -2.41. The van der Waals surface area contributed by atoms with E-state index in [0.29, 0.717) is 21.3 Å². The Labute approximate surface area is 233 Å². The van der Waals surface area contributed by atoms with E-state index in [9.17, 15) is 26.8 Å². The molecule has 2 N–H and O–H groups in total. The van der Waals surface area contributed by atoms with Crippen LogP contribution >= 0.6 is 11.3 Å². The zero-order valence-corrected chi connectivity index (χ0v) is 23.2. The van der Waals surface area contributed by atoms with Crippen molar-refractivity contribution in [2.24, 2.45) is 0 Å². The van der Waals surface area contributed by atoms with Gasteiger partial charge in [0.25, 0.3) is 0 Å². The summed E-state index contributed by atoms with van der Waals surface area (Å²) in [6, 6.07) is 12.0. The number of ether oxygens (including phenoxy) is 1. The highest BCUT2D eigenvalue weighted by molar-refractivity contribution is 7.92. The zero-order valence-electron chi connectivity index (χ0n) is 21.6. The van der Waals surface area contributed by atoms with E-state index >= 15 is 0 Å². The van der Waals surface area contributed by atoms with Crippen LogP contribution in [-0.2, 0) is 24.2 Å². The number of fused-ring (bicyclic) bond motifs is 1. The van der Waals surface area contributed by atoms with Gasteiger partial charge in [-0.3, -0.25) is 9.59 Å². The third-order valence-electron chi connectivity index (χ3n) is 5.68. The molecule has 0 spiro atoms. The second-order valence-corrected chi connectivity index (χ2v) is 12.1. The topological polar surface area (TPSA) is 127 Å². The van der Waals surface area contributed by atoms with Crippen molar-refractivity contribution in [1.29, 1.82) is 0 Å². The lowest BCUT2D eigenvalue weighted by atomic mass is 10.1. The molecule has 1 atom stereocenters. The molecule has 2 heterocycles. The minimum absolute atomic E-state index is 0.00808. The molecule has 13 heteroatoms. The number of sulfone groups is 1. The van der Waals surface area contributed by atoms with Gasteiger partial charge in [0.05, 0.1) is 34.4 Å². The molecule has 0 saturated heterocycles. The highest BCUT2D eigenvalue weighted by atomic mass is 32.2. The molecule has 0 fully saturated rings. The predicted octanol–water partition coefficient (Wildman–Crippen LogP) is 3.81. The van der Waals surface area contributed by atoms with Crippen LogP contribution in [0.1, 0.15) is 24.1 Å². The number of rotatable bonds is 11. The Morgan fingerprint density at radius 3 is 2.40 bits per heavy atom. The van der Waals surface area contributed by atoms with E-state index < -0.39 is 45.2 Å². The van der Waals surface area contributed by atoms with Crippen LogP contribution in [0.15, 0.2) is 65.7 Å². The molecule has 1 unspecified atom stereocenters. The summed E-state index contributed by atoms with van der Waals surface area (Å²) in [5.74, 6) is -2.75. The number of aromatic nitrogens is 2. The molecule has 2 aromatic carbocycles. The Morgan fingerprint density at radius 1 is 1.00 bits per heavy atom. The molecule has 0 aliphatic rings. The van der Waals surface area contributed by atoms with E-state index in [1.54, 1.807) is 24.3 Å². The Bertz CT molecular complexity index is 1610. The average Bonchev–Trinajstić information content (AvgIpc) is 3.33. The van der Waals surface area contributed by atoms with Crippen LogP contribution < -0.4 is 10.6 Å². The Morgan fingerprint density at radius 2 is 1.73 bits per heavy atom. The number of halogens is 2. The number of thiazole rings is 1. The molecule has 0 radical (unpaired) electrons. The molecule has 4 rings (SSSR count). The Balaban J connectivity index is 1.62. The summed E-state index contributed by atoms with van der Waals surface area (Å²) < 4.78 is 59.9. The van der Waals surface area contributed by atoms with Gasteiger partial charge in [0.2, 0.25) is 17.8 Å². The standard InChI is InChI=1S/C27H26F2N4O5S2/c1-16(2)38-12-11-30-24(34)15-32-26(35)25(40(36,37)20-7-5-19(28)6-8-20)27-33-21-9-3-17(13-22(21)39-27)18-4-10-23(29)31-14-18/h3-10,13-14,16,25H,11-12,15H2,1-2H3,(H,30,34)(H,32,35). The maximum absolute atomic E-state index is 13.6. The van der Waals surface area contributed by atoms with Crippen molar-refractivity contribution in [3.63, 3.8) is 0 Å². The van der Waals surface area contributed by atoms with Crippen molar-refractivity contribution in [3.8, 4) is 11.1 Å². The van der Waals surface area contributed by atoms with Crippen LogP contribution in [0.25, 0.3) is 21.3 Å². The summed E-state index contributed by atoms with van der Waals surface area (Å²) in [5.41, 5.74) is 1.76. The fourth-order valence-electron chi connectivity index (χ4n) is 3.73.